The Labute approximate surface area is 95.0 Å². The number of benzene rings is 1. The molecule has 1 aromatic rings. The van der Waals surface area contributed by atoms with Crippen LogP contribution in [0.2, 0.25) is 0 Å². The van der Waals surface area contributed by atoms with Crippen molar-refractivity contribution in [1.82, 2.24) is 0 Å². The number of hydrogen-bond donors (Lipinski definition) is 1. The highest BCUT2D eigenvalue weighted by molar-refractivity contribution is 5.60. The molecule has 2 N–H and O–H groups in total. The van der Waals surface area contributed by atoms with Crippen molar-refractivity contribution >= 4 is 6.08 Å². The molecule has 1 aliphatic heterocycles. The topological polar surface area (TPSA) is 16.6 Å². The SMILES string of the molecule is C1=C2C[NH2+]CC2Cc2ccccc21.[Br-]. The molecule has 1 saturated heterocycles. The first-order chi connectivity index (χ1) is 6.43. The zero-order valence-electron chi connectivity index (χ0n) is 8.04. The lowest BCUT2D eigenvalue weighted by Gasteiger charge is -2.16. The number of halogens is 1. The number of quaternary nitrogens is 1. The maximum Gasteiger partial charge on any atom is 0.0980 e. The van der Waals surface area contributed by atoms with Crippen LogP contribution < -0.4 is 22.3 Å². The Morgan fingerprint density at radius 3 is 3.00 bits per heavy atom. The van der Waals surface area contributed by atoms with Crippen molar-refractivity contribution in [2.75, 3.05) is 13.1 Å². The average Bonchev–Trinajstić information content (AvgIpc) is 2.61. The Balaban J connectivity index is 0.000000750. The van der Waals surface area contributed by atoms with E-state index in [-0.39, 0.29) is 17.0 Å². The third-order valence-corrected chi connectivity index (χ3v) is 3.22. The van der Waals surface area contributed by atoms with Crippen LogP contribution in [0.5, 0.6) is 0 Å². The molecule has 2 heteroatoms. The van der Waals surface area contributed by atoms with Crippen molar-refractivity contribution in [2.45, 2.75) is 6.42 Å². The highest BCUT2D eigenvalue weighted by Gasteiger charge is 2.27. The second kappa shape index (κ2) is 3.87. The van der Waals surface area contributed by atoms with Gasteiger partial charge in [0, 0.05) is 5.92 Å². The van der Waals surface area contributed by atoms with Gasteiger partial charge < -0.3 is 22.3 Å². The first kappa shape index (κ1) is 9.94. The summed E-state index contributed by atoms with van der Waals surface area (Å²) < 4.78 is 0. The van der Waals surface area contributed by atoms with Crippen LogP contribution in [0, 0.1) is 5.92 Å². The van der Waals surface area contributed by atoms with Crippen LogP contribution in [-0.4, -0.2) is 13.1 Å². The van der Waals surface area contributed by atoms with Crippen molar-refractivity contribution in [3.63, 3.8) is 0 Å². The summed E-state index contributed by atoms with van der Waals surface area (Å²) in [6, 6.07) is 8.78. The maximum atomic E-state index is 2.42. The summed E-state index contributed by atoms with van der Waals surface area (Å²) in [5, 5.41) is 2.42. The minimum atomic E-state index is 0. The predicted molar refractivity (Wildman–Crippen MR) is 53.3 cm³/mol. The van der Waals surface area contributed by atoms with Crippen LogP contribution in [-0.2, 0) is 6.42 Å². The summed E-state index contributed by atoms with van der Waals surface area (Å²) in [7, 11) is 0. The molecule has 0 bridgehead atoms. The van der Waals surface area contributed by atoms with Crippen LogP contribution in [0.15, 0.2) is 29.8 Å². The summed E-state index contributed by atoms with van der Waals surface area (Å²) in [5.74, 6) is 0.829. The van der Waals surface area contributed by atoms with Gasteiger partial charge in [0.15, 0.2) is 0 Å². The molecule has 0 saturated carbocycles. The molecule has 0 amide bonds. The van der Waals surface area contributed by atoms with E-state index >= 15 is 0 Å². The fraction of sp³-hybridized carbons (Fsp3) is 0.333. The number of nitrogens with two attached hydrogens (primary N) is 1. The van der Waals surface area contributed by atoms with Gasteiger partial charge in [-0.25, -0.2) is 0 Å². The van der Waals surface area contributed by atoms with E-state index < -0.39 is 0 Å². The zero-order valence-corrected chi connectivity index (χ0v) is 9.63. The summed E-state index contributed by atoms with van der Waals surface area (Å²) in [4.78, 5) is 0. The molecular formula is C12H14BrN. The van der Waals surface area contributed by atoms with Gasteiger partial charge in [0.2, 0.25) is 0 Å². The lowest BCUT2D eigenvalue weighted by atomic mass is 9.85. The van der Waals surface area contributed by atoms with E-state index in [4.69, 9.17) is 0 Å². The van der Waals surface area contributed by atoms with Gasteiger partial charge in [-0.15, -0.1) is 0 Å². The monoisotopic (exact) mass is 251 g/mol. The fourth-order valence-electron chi connectivity index (χ4n) is 2.49. The quantitative estimate of drug-likeness (QED) is 0.541. The van der Waals surface area contributed by atoms with E-state index in [1.807, 2.05) is 0 Å². The van der Waals surface area contributed by atoms with Gasteiger partial charge in [-0.05, 0) is 29.2 Å². The van der Waals surface area contributed by atoms with Crippen molar-refractivity contribution in [3.05, 3.63) is 41.0 Å². The van der Waals surface area contributed by atoms with Crippen molar-refractivity contribution in [1.29, 1.82) is 0 Å². The molecule has 1 unspecified atom stereocenters. The maximum absolute atomic E-state index is 2.42. The summed E-state index contributed by atoms with van der Waals surface area (Å²) in [6.07, 6.45) is 3.66. The minimum Gasteiger partial charge on any atom is -1.00 e. The number of fused-ring (bicyclic) bond motifs is 2. The molecule has 1 nitrogen and oxygen atoms in total. The van der Waals surface area contributed by atoms with Gasteiger partial charge in [0.1, 0.15) is 0 Å². The van der Waals surface area contributed by atoms with Crippen molar-refractivity contribution in [2.24, 2.45) is 5.92 Å². The molecule has 14 heavy (non-hydrogen) atoms. The largest absolute Gasteiger partial charge is 1.00 e. The molecule has 74 valence electrons. The lowest BCUT2D eigenvalue weighted by molar-refractivity contribution is -0.635. The van der Waals surface area contributed by atoms with Crippen LogP contribution in [0.4, 0.5) is 0 Å². The van der Waals surface area contributed by atoms with E-state index in [0.717, 1.165) is 5.92 Å². The fourth-order valence-corrected chi connectivity index (χ4v) is 2.49. The minimum absolute atomic E-state index is 0. The van der Waals surface area contributed by atoms with Gasteiger partial charge in [0.05, 0.1) is 13.1 Å². The third-order valence-electron chi connectivity index (χ3n) is 3.22. The highest BCUT2D eigenvalue weighted by atomic mass is 79.9. The van der Waals surface area contributed by atoms with E-state index in [1.165, 1.54) is 30.6 Å². The Kier molecular flexibility index (Phi) is 2.75. The summed E-state index contributed by atoms with van der Waals surface area (Å²) in [5.41, 5.74) is 4.63. The lowest BCUT2D eigenvalue weighted by Crippen LogP contribution is -3.00. The molecule has 0 aromatic heterocycles. The van der Waals surface area contributed by atoms with E-state index in [2.05, 4.69) is 35.7 Å². The van der Waals surface area contributed by atoms with Crippen LogP contribution in [0.1, 0.15) is 11.1 Å². The molecule has 1 aromatic carbocycles. The van der Waals surface area contributed by atoms with Crippen molar-refractivity contribution in [3.8, 4) is 0 Å². The third kappa shape index (κ3) is 1.53. The Morgan fingerprint density at radius 2 is 2.07 bits per heavy atom. The first-order valence-electron chi connectivity index (χ1n) is 5.03. The van der Waals surface area contributed by atoms with E-state index in [9.17, 15) is 0 Å². The first-order valence-corrected chi connectivity index (χ1v) is 5.03. The van der Waals surface area contributed by atoms with Gasteiger partial charge in [0.25, 0.3) is 0 Å². The second-order valence-electron chi connectivity index (χ2n) is 4.05. The van der Waals surface area contributed by atoms with Gasteiger partial charge in [-0.1, -0.05) is 24.3 Å². The van der Waals surface area contributed by atoms with Crippen molar-refractivity contribution < 1.29 is 22.3 Å². The van der Waals surface area contributed by atoms with Gasteiger partial charge in [-0.2, -0.15) is 0 Å². The zero-order chi connectivity index (χ0) is 8.67. The molecule has 2 aliphatic rings. The molecule has 1 aliphatic carbocycles. The Morgan fingerprint density at radius 1 is 1.21 bits per heavy atom. The molecule has 3 rings (SSSR count). The Bertz CT molecular complexity index is 370. The van der Waals surface area contributed by atoms with Crippen LogP contribution >= 0.6 is 0 Å². The summed E-state index contributed by atoms with van der Waals surface area (Å²) in [6.45, 7) is 2.51. The number of rotatable bonds is 0. The smallest absolute Gasteiger partial charge is 0.0980 e. The second-order valence-corrected chi connectivity index (χ2v) is 4.05. The van der Waals surface area contributed by atoms with E-state index in [1.54, 1.807) is 5.57 Å². The predicted octanol–water partition coefficient (Wildman–Crippen LogP) is -2.18. The molecule has 1 fully saturated rings. The molecular weight excluding hydrogens is 238 g/mol. The molecule has 1 atom stereocenters. The average molecular weight is 252 g/mol. The molecule has 0 spiro atoms. The van der Waals surface area contributed by atoms with E-state index in [0.29, 0.717) is 0 Å². The van der Waals surface area contributed by atoms with Crippen LogP contribution in [0.3, 0.4) is 0 Å². The Hall–Kier alpha value is -0.600. The molecule has 1 heterocycles. The molecule has 0 radical (unpaired) electrons. The normalized spacial score (nSPS) is 23.1. The standard InChI is InChI=1S/C12H13N.BrH/c1-2-4-10-6-12-8-13-7-11(12)5-9(10)3-1;/h1-5,12-13H,6-8H2;1H. The number of hydrogen-bond acceptors (Lipinski definition) is 0. The van der Waals surface area contributed by atoms with Gasteiger partial charge >= 0.3 is 0 Å². The highest BCUT2D eigenvalue weighted by Crippen LogP contribution is 2.28. The summed E-state index contributed by atoms with van der Waals surface area (Å²) >= 11 is 0. The van der Waals surface area contributed by atoms with Crippen LogP contribution in [0.25, 0.3) is 6.08 Å². The van der Waals surface area contributed by atoms with Gasteiger partial charge in [-0.3, -0.25) is 0 Å².